The number of amides is 1. The van der Waals surface area contributed by atoms with Gasteiger partial charge in [-0.2, -0.15) is 0 Å². The van der Waals surface area contributed by atoms with Gasteiger partial charge in [-0.1, -0.05) is 0 Å². The molecule has 1 N–H and O–H groups in total. The predicted octanol–water partition coefficient (Wildman–Crippen LogP) is -0.511. The summed E-state index contributed by atoms with van der Waals surface area (Å²) in [6, 6.07) is 0. The van der Waals surface area contributed by atoms with Crippen LogP contribution in [0, 0.1) is 5.92 Å². The first kappa shape index (κ1) is 13.4. The number of carbonyl (C=O) groups is 1. The van der Waals surface area contributed by atoms with Gasteiger partial charge in [0, 0.05) is 19.8 Å². The summed E-state index contributed by atoms with van der Waals surface area (Å²) in [5, 5.41) is 3.27. The minimum atomic E-state index is -3.22. The molecule has 0 aromatic heterocycles. The van der Waals surface area contributed by atoms with Crippen LogP contribution in [0.1, 0.15) is 12.8 Å². The van der Waals surface area contributed by atoms with Crippen LogP contribution < -0.4 is 5.32 Å². The van der Waals surface area contributed by atoms with Gasteiger partial charge in [0.2, 0.25) is 5.91 Å². The van der Waals surface area contributed by atoms with Gasteiger partial charge in [0.15, 0.2) is 9.84 Å². The number of piperidine rings is 1. The minimum absolute atomic E-state index is 0.312. The van der Waals surface area contributed by atoms with Crippen molar-refractivity contribution in [2.75, 3.05) is 38.7 Å². The van der Waals surface area contributed by atoms with Crippen LogP contribution in [0.4, 0.5) is 0 Å². The number of hydrogen-bond donors (Lipinski definition) is 1. The fourth-order valence-corrected chi connectivity index (χ4v) is 2.57. The summed E-state index contributed by atoms with van der Waals surface area (Å²) in [6.45, 7) is 2.59. The number of hydrogen-bond acceptors (Lipinski definition) is 4. The first-order valence-corrected chi connectivity index (χ1v) is 7.57. The zero-order valence-corrected chi connectivity index (χ0v) is 10.7. The Morgan fingerprint density at radius 2 is 2.19 bits per heavy atom. The summed E-state index contributed by atoms with van der Waals surface area (Å²) < 4.78 is 22.0. The molecule has 1 heterocycles. The maximum Gasteiger partial charge on any atom is 0.237 e. The van der Waals surface area contributed by atoms with Crippen molar-refractivity contribution in [1.82, 2.24) is 10.2 Å². The normalized spacial score (nSPS) is 21.8. The average molecular weight is 248 g/mol. The van der Waals surface area contributed by atoms with Crippen LogP contribution >= 0.6 is 0 Å². The van der Waals surface area contributed by atoms with Gasteiger partial charge >= 0.3 is 0 Å². The zero-order valence-electron chi connectivity index (χ0n) is 9.90. The van der Waals surface area contributed by atoms with Gasteiger partial charge in [0.05, 0.1) is 0 Å². The highest BCUT2D eigenvalue weighted by Crippen LogP contribution is 2.11. The molecule has 1 atom stereocenters. The number of nitrogens with zero attached hydrogens (tertiary/aromatic N) is 1. The molecular formula is C10H20N2O3S. The van der Waals surface area contributed by atoms with Gasteiger partial charge in [-0.25, -0.2) is 8.42 Å². The summed E-state index contributed by atoms with van der Waals surface area (Å²) in [4.78, 5) is 13.1. The second-order valence-electron chi connectivity index (χ2n) is 4.56. The Morgan fingerprint density at radius 3 is 2.69 bits per heavy atom. The third-order valence-corrected chi connectivity index (χ3v) is 3.51. The smallest absolute Gasteiger partial charge is 0.237 e. The lowest BCUT2D eigenvalue weighted by atomic mass is 9.99. The Morgan fingerprint density at radius 1 is 1.50 bits per heavy atom. The maximum atomic E-state index is 11.6. The predicted molar refractivity (Wildman–Crippen MR) is 62.9 cm³/mol. The zero-order chi connectivity index (χ0) is 12.2. The number of rotatable bonds is 4. The second-order valence-corrected chi connectivity index (χ2v) is 6.70. The van der Waals surface area contributed by atoms with Gasteiger partial charge in [-0.15, -0.1) is 0 Å². The first-order valence-electron chi connectivity index (χ1n) is 5.51. The van der Waals surface area contributed by atoms with Crippen LogP contribution in [0.2, 0.25) is 0 Å². The van der Waals surface area contributed by atoms with Crippen LogP contribution in [0.25, 0.3) is 0 Å². The molecule has 1 rings (SSSR count). The molecule has 0 spiro atoms. The lowest BCUT2D eigenvalue weighted by molar-refractivity contribution is -0.127. The van der Waals surface area contributed by atoms with E-state index < -0.39 is 9.84 Å². The average Bonchev–Trinajstić information content (AvgIpc) is 2.16. The molecule has 1 amide bonds. The lowest BCUT2D eigenvalue weighted by Crippen LogP contribution is -2.40. The van der Waals surface area contributed by atoms with E-state index in [-0.39, 0.29) is 11.7 Å². The van der Waals surface area contributed by atoms with E-state index >= 15 is 0 Å². The molecule has 0 aromatic carbocycles. The summed E-state index contributed by atoms with van der Waals surface area (Å²) >= 11 is 0. The standard InChI is InChI=1S/C10H20N2O3S/c1-12(10(13)8-16(2,14)15)7-9-4-3-5-11-6-9/h9,11H,3-8H2,1-2H3. The van der Waals surface area contributed by atoms with E-state index in [1.807, 2.05) is 0 Å². The molecule has 0 aromatic rings. The van der Waals surface area contributed by atoms with Crippen molar-refractivity contribution < 1.29 is 13.2 Å². The van der Waals surface area contributed by atoms with Crippen molar-refractivity contribution in [3.63, 3.8) is 0 Å². The fraction of sp³-hybridized carbons (Fsp3) is 0.900. The molecule has 1 aliphatic heterocycles. The van der Waals surface area contributed by atoms with Crippen molar-refractivity contribution in [3.05, 3.63) is 0 Å². The maximum absolute atomic E-state index is 11.6. The number of carbonyl (C=O) groups excluding carboxylic acids is 1. The quantitative estimate of drug-likeness (QED) is 0.727. The molecule has 6 heteroatoms. The molecule has 5 nitrogen and oxygen atoms in total. The highest BCUT2D eigenvalue weighted by atomic mass is 32.2. The summed E-state index contributed by atoms with van der Waals surface area (Å²) in [5.41, 5.74) is 0. The van der Waals surface area contributed by atoms with Crippen LogP contribution in [-0.2, 0) is 14.6 Å². The van der Waals surface area contributed by atoms with Crippen molar-refractivity contribution >= 4 is 15.7 Å². The number of nitrogens with one attached hydrogen (secondary N) is 1. The molecule has 0 bridgehead atoms. The van der Waals surface area contributed by atoms with Crippen LogP contribution in [0.3, 0.4) is 0 Å². The Balaban J connectivity index is 2.38. The van der Waals surface area contributed by atoms with Gasteiger partial charge in [-0.05, 0) is 31.8 Å². The van der Waals surface area contributed by atoms with E-state index in [4.69, 9.17) is 0 Å². The second kappa shape index (κ2) is 5.63. The Hall–Kier alpha value is -0.620. The van der Waals surface area contributed by atoms with Gasteiger partial charge in [0.1, 0.15) is 5.75 Å². The fourth-order valence-electron chi connectivity index (χ4n) is 1.90. The summed E-state index contributed by atoms with van der Waals surface area (Å²) in [5.74, 6) is -0.251. The molecular weight excluding hydrogens is 228 g/mol. The van der Waals surface area contributed by atoms with Gasteiger partial charge in [-0.3, -0.25) is 4.79 Å². The lowest BCUT2D eigenvalue weighted by Gasteiger charge is -2.27. The summed E-state index contributed by atoms with van der Waals surface area (Å²) in [7, 11) is -1.55. The topological polar surface area (TPSA) is 66.5 Å². The van der Waals surface area contributed by atoms with E-state index in [9.17, 15) is 13.2 Å². The van der Waals surface area contributed by atoms with Crippen LogP contribution in [0.15, 0.2) is 0 Å². The molecule has 16 heavy (non-hydrogen) atoms. The molecule has 0 saturated carbocycles. The number of sulfone groups is 1. The molecule has 0 radical (unpaired) electrons. The van der Waals surface area contributed by atoms with Crippen LogP contribution in [0.5, 0.6) is 0 Å². The Kier molecular flexibility index (Phi) is 4.73. The molecule has 1 saturated heterocycles. The molecule has 1 unspecified atom stereocenters. The third-order valence-electron chi connectivity index (χ3n) is 2.74. The van der Waals surface area contributed by atoms with Crippen molar-refractivity contribution in [2.45, 2.75) is 12.8 Å². The van der Waals surface area contributed by atoms with Gasteiger partial charge in [0.25, 0.3) is 0 Å². The first-order chi connectivity index (χ1) is 7.38. The minimum Gasteiger partial charge on any atom is -0.345 e. The molecule has 1 aliphatic rings. The van der Waals surface area contributed by atoms with E-state index in [1.54, 1.807) is 7.05 Å². The van der Waals surface area contributed by atoms with Crippen molar-refractivity contribution in [2.24, 2.45) is 5.92 Å². The van der Waals surface area contributed by atoms with Crippen LogP contribution in [-0.4, -0.2) is 57.9 Å². The van der Waals surface area contributed by atoms with E-state index in [0.717, 1.165) is 32.2 Å². The van der Waals surface area contributed by atoms with E-state index in [2.05, 4.69) is 5.32 Å². The summed E-state index contributed by atoms with van der Waals surface area (Å²) in [6.07, 6.45) is 3.31. The SMILES string of the molecule is CN(CC1CCCNC1)C(=O)CS(C)(=O)=O. The largest absolute Gasteiger partial charge is 0.345 e. The molecule has 1 fully saturated rings. The van der Waals surface area contributed by atoms with E-state index in [1.165, 1.54) is 4.90 Å². The molecule has 0 aliphatic carbocycles. The Bertz CT molecular complexity index is 334. The third kappa shape index (κ3) is 4.94. The monoisotopic (exact) mass is 248 g/mol. The molecule has 94 valence electrons. The highest BCUT2D eigenvalue weighted by molar-refractivity contribution is 7.91. The van der Waals surface area contributed by atoms with Gasteiger partial charge < -0.3 is 10.2 Å². The Labute approximate surface area is 97.1 Å². The van der Waals surface area contributed by atoms with Crippen molar-refractivity contribution in [3.8, 4) is 0 Å². The van der Waals surface area contributed by atoms with E-state index in [0.29, 0.717) is 12.5 Å². The van der Waals surface area contributed by atoms with Crippen molar-refractivity contribution in [1.29, 1.82) is 0 Å². The highest BCUT2D eigenvalue weighted by Gasteiger charge is 2.20.